The predicted octanol–water partition coefficient (Wildman–Crippen LogP) is 1.27. The van der Waals surface area contributed by atoms with Crippen molar-refractivity contribution in [3.8, 4) is 0 Å². The summed E-state index contributed by atoms with van der Waals surface area (Å²) in [5.41, 5.74) is 0.374. The minimum absolute atomic E-state index is 0.0527. The average Bonchev–Trinajstić information content (AvgIpc) is 3.14. The Morgan fingerprint density at radius 1 is 1.28 bits per heavy atom. The van der Waals surface area contributed by atoms with Gasteiger partial charge in [0.25, 0.3) is 0 Å². The summed E-state index contributed by atoms with van der Waals surface area (Å²) in [5.74, 6) is -0.571. The van der Waals surface area contributed by atoms with Gasteiger partial charge in [0.05, 0.1) is 6.61 Å². The van der Waals surface area contributed by atoms with E-state index >= 15 is 0 Å². The molecule has 0 saturated heterocycles. The van der Waals surface area contributed by atoms with Crippen LogP contribution in [0.3, 0.4) is 0 Å². The molecule has 0 aromatic heterocycles. The summed E-state index contributed by atoms with van der Waals surface area (Å²) in [6, 6.07) is 0. The Kier molecular flexibility index (Phi) is 3.52. The molecular formula is C14H22O4. The van der Waals surface area contributed by atoms with Gasteiger partial charge in [0.15, 0.2) is 0 Å². The normalized spacial score (nSPS) is 28.0. The Hall–Kier alpha value is -0.870. The summed E-state index contributed by atoms with van der Waals surface area (Å²) in [5, 5.41) is 18.9. The fraction of sp³-hybridized carbons (Fsp3) is 0.786. The van der Waals surface area contributed by atoms with Crippen LogP contribution in [0.25, 0.3) is 0 Å². The van der Waals surface area contributed by atoms with Gasteiger partial charge in [-0.3, -0.25) is 0 Å². The molecule has 4 heteroatoms. The Morgan fingerprint density at radius 2 is 1.83 bits per heavy atom. The van der Waals surface area contributed by atoms with Crippen molar-refractivity contribution in [2.45, 2.75) is 32.6 Å². The molecule has 2 aliphatic carbocycles. The summed E-state index contributed by atoms with van der Waals surface area (Å²) < 4.78 is 5.31. The summed E-state index contributed by atoms with van der Waals surface area (Å²) in [6.45, 7) is 5.38. The number of esters is 1. The molecule has 2 fully saturated rings. The summed E-state index contributed by atoms with van der Waals surface area (Å²) in [7, 11) is 0. The third-order valence-electron chi connectivity index (χ3n) is 4.99. The Bertz CT molecular complexity index is 355. The fourth-order valence-corrected chi connectivity index (χ4v) is 3.40. The molecule has 0 aliphatic heterocycles. The molecule has 2 rings (SSSR count). The molecule has 2 N–H and O–H groups in total. The van der Waals surface area contributed by atoms with E-state index in [0.29, 0.717) is 12.2 Å². The molecule has 2 saturated carbocycles. The van der Waals surface area contributed by atoms with Gasteiger partial charge in [-0.2, -0.15) is 0 Å². The number of aliphatic hydroxyl groups excluding tert-OH is 2. The maximum Gasteiger partial charge on any atom is 0.333 e. The standard InChI is InChI=1S/C14H22O4/c1-10(2)12(17)18-9-14(11(7-15)8-16)6-5-13(14)3-4-13/h11,15-16H,1,3-9H2,2H3. The molecule has 0 radical (unpaired) electrons. The zero-order valence-electron chi connectivity index (χ0n) is 10.9. The van der Waals surface area contributed by atoms with E-state index in [4.69, 9.17) is 4.74 Å². The van der Waals surface area contributed by atoms with Crippen LogP contribution in [-0.4, -0.2) is 36.0 Å². The van der Waals surface area contributed by atoms with Crippen LogP contribution >= 0.6 is 0 Å². The molecule has 1 unspecified atom stereocenters. The van der Waals surface area contributed by atoms with Gasteiger partial charge < -0.3 is 14.9 Å². The topological polar surface area (TPSA) is 66.8 Å². The molecule has 0 bridgehead atoms. The van der Waals surface area contributed by atoms with Crippen LogP contribution in [-0.2, 0) is 9.53 Å². The van der Waals surface area contributed by atoms with Crippen molar-refractivity contribution >= 4 is 5.97 Å². The highest BCUT2D eigenvalue weighted by molar-refractivity contribution is 5.86. The third-order valence-corrected chi connectivity index (χ3v) is 4.99. The van der Waals surface area contributed by atoms with Gasteiger partial charge >= 0.3 is 5.97 Å². The molecule has 4 nitrogen and oxygen atoms in total. The second-order valence-electron chi connectivity index (χ2n) is 5.86. The zero-order valence-corrected chi connectivity index (χ0v) is 10.9. The first-order chi connectivity index (χ1) is 8.51. The van der Waals surface area contributed by atoms with E-state index in [0.717, 1.165) is 25.7 Å². The van der Waals surface area contributed by atoms with Gasteiger partial charge in [0.1, 0.15) is 0 Å². The predicted molar refractivity (Wildman–Crippen MR) is 66.8 cm³/mol. The minimum atomic E-state index is -0.383. The maximum absolute atomic E-state index is 11.5. The van der Waals surface area contributed by atoms with Crippen LogP contribution in [0, 0.1) is 16.7 Å². The largest absolute Gasteiger partial charge is 0.462 e. The van der Waals surface area contributed by atoms with Crippen LogP contribution < -0.4 is 0 Å². The first kappa shape index (κ1) is 13.6. The van der Waals surface area contributed by atoms with Crippen LogP contribution in [0.1, 0.15) is 32.6 Å². The molecule has 0 heterocycles. The van der Waals surface area contributed by atoms with E-state index in [2.05, 4.69) is 6.58 Å². The van der Waals surface area contributed by atoms with Crippen molar-refractivity contribution < 1.29 is 19.7 Å². The van der Waals surface area contributed by atoms with Gasteiger partial charge in [-0.1, -0.05) is 6.58 Å². The molecule has 1 spiro atoms. The van der Waals surface area contributed by atoms with Crippen molar-refractivity contribution in [2.24, 2.45) is 16.7 Å². The summed E-state index contributed by atoms with van der Waals surface area (Å²) in [6.07, 6.45) is 4.28. The van der Waals surface area contributed by atoms with Crippen molar-refractivity contribution in [2.75, 3.05) is 19.8 Å². The molecule has 0 aromatic carbocycles. The van der Waals surface area contributed by atoms with E-state index < -0.39 is 0 Å². The molecular weight excluding hydrogens is 232 g/mol. The smallest absolute Gasteiger partial charge is 0.333 e. The van der Waals surface area contributed by atoms with Crippen LogP contribution in [0.15, 0.2) is 12.2 Å². The molecule has 18 heavy (non-hydrogen) atoms. The van der Waals surface area contributed by atoms with E-state index in [1.54, 1.807) is 6.92 Å². The maximum atomic E-state index is 11.5. The second-order valence-corrected chi connectivity index (χ2v) is 5.86. The molecule has 0 aromatic rings. The Labute approximate surface area is 108 Å². The third kappa shape index (κ3) is 1.88. The van der Waals surface area contributed by atoms with E-state index in [-0.39, 0.29) is 35.9 Å². The van der Waals surface area contributed by atoms with Gasteiger partial charge in [0.2, 0.25) is 0 Å². The lowest BCUT2D eigenvalue weighted by atomic mass is 9.52. The summed E-state index contributed by atoms with van der Waals surface area (Å²) in [4.78, 5) is 11.5. The minimum Gasteiger partial charge on any atom is -0.462 e. The molecule has 0 amide bonds. The fourth-order valence-electron chi connectivity index (χ4n) is 3.40. The van der Waals surface area contributed by atoms with Crippen molar-refractivity contribution in [3.63, 3.8) is 0 Å². The average molecular weight is 254 g/mol. The highest BCUT2D eigenvalue weighted by Crippen LogP contribution is 2.73. The van der Waals surface area contributed by atoms with Crippen LogP contribution in [0.2, 0.25) is 0 Å². The van der Waals surface area contributed by atoms with Gasteiger partial charge in [-0.25, -0.2) is 4.79 Å². The monoisotopic (exact) mass is 254 g/mol. The number of aliphatic hydroxyl groups is 2. The van der Waals surface area contributed by atoms with Crippen LogP contribution in [0.4, 0.5) is 0 Å². The first-order valence-electron chi connectivity index (χ1n) is 6.56. The Morgan fingerprint density at radius 3 is 2.17 bits per heavy atom. The Balaban J connectivity index is 2.07. The van der Waals surface area contributed by atoms with Gasteiger partial charge in [0, 0.05) is 30.1 Å². The number of hydrogen-bond acceptors (Lipinski definition) is 4. The van der Waals surface area contributed by atoms with Gasteiger partial charge in [-0.05, 0) is 38.0 Å². The van der Waals surface area contributed by atoms with Crippen molar-refractivity contribution in [1.82, 2.24) is 0 Å². The van der Waals surface area contributed by atoms with Crippen LogP contribution in [0.5, 0.6) is 0 Å². The molecule has 1 atom stereocenters. The van der Waals surface area contributed by atoms with Crippen molar-refractivity contribution in [1.29, 1.82) is 0 Å². The van der Waals surface area contributed by atoms with Gasteiger partial charge in [-0.15, -0.1) is 0 Å². The number of carbonyl (C=O) groups excluding carboxylic acids is 1. The SMILES string of the molecule is C=C(C)C(=O)OCC1(C(CO)CO)CCC12CC2. The number of carbonyl (C=O) groups is 1. The zero-order chi connectivity index (χ0) is 13.4. The highest BCUT2D eigenvalue weighted by atomic mass is 16.5. The lowest BCUT2D eigenvalue weighted by Crippen LogP contribution is -2.53. The van der Waals surface area contributed by atoms with Crippen molar-refractivity contribution in [3.05, 3.63) is 12.2 Å². The number of rotatable bonds is 6. The van der Waals surface area contributed by atoms with E-state index in [1.807, 2.05) is 0 Å². The molecule has 102 valence electrons. The summed E-state index contributed by atoms with van der Waals surface area (Å²) >= 11 is 0. The van der Waals surface area contributed by atoms with E-state index in [9.17, 15) is 15.0 Å². The second kappa shape index (κ2) is 4.67. The quantitative estimate of drug-likeness (QED) is 0.553. The molecule has 2 aliphatic rings. The number of ether oxygens (including phenoxy) is 1. The highest BCUT2D eigenvalue weighted by Gasteiger charge is 2.68. The first-order valence-corrected chi connectivity index (χ1v) is 6.56. The van der Waals surface area contributed by atoms with E-state index in [1.165, 1.54) is 0 Å². The lowest BCUT2D eigenvalue weighted by molar-refractivity contribution is -0.163. The number of hydrogen-bond donors (Lipinski definition) is 2. The lowest BCUT2D eigenvalue weighted by Gasteiger charge is -2.54.